The predicted molar refractivity (Wildman–Crippen MR) is 135 cm³/mol. The summed E-state index contributed by atoms with van der Waals surface area (Å²) in [5.74, 6) is -3.61. The summed E-state index contributed by atoms with van der Waals surface area (Å²) in [5, 5.41) is 26.4. The van der Waals surface area contributed by atoms with Crippen LogP contribution < -0.4 is 38.9 Å². The zero-order valence-corrected chi connectivity index (χ0v) is 21.4. The standard InChI is InChI=1S/C22H44N8O6/c1-4-12(2)16(24)20(34)29-15(9-7-11-27-22(25)26)18(32)28-14(8-5-6-10-23)19(33)30-17(13(3)31)21(35)36/h12-17,31H,4-11,23-24H2,1-3H3,(H,28,32)(H,29,34)(H,30,33)(H,35,36)(H4,25,26,27). The lowest BCUT2D eigenvalue weighted by Gasteiger charge is -2.26. The summed E-state index contributed by atoms with van der Waals surface area (Å²) in [5.41, 5.74) is 22.2. The van der Waals surface area contributed by atoms with Gasteiger partial charge in [0.2, 0.25) is 17.7 Å². The number of nitrogens with two attached hydrogens (primary N) is 4. The maximum atomic E-state index is 13.1. The van der Waals surface area contributed by atoms with Gasteiger partial charge < -0.3 is 49.1 Å². The third-order valence-corrected chi connectivity index (χ3v) is 5.76. The molecule has 0 rings (SSSR count). The molecule has 13 N–H and O–H groups in total. The maximum Gasteiger partial charge on any atom is 0.328 e. The Morgan fingerprint density at radius 3 is 1.89 bits per heavy atom. The van der Waals surface area contributed by atoms with Crippen LogP contribution in [-0.2, 0) is 19.2 Å². The van der Waals surface area contributed by atoms with Crippen molar-refractivity contribution in [1.82, 2.24) is 16.0 Å². The molecule has 0 bridgehead atoms. The first-order chi connectivity index (χ1) is 16.8. The third-order valence-electron chi connectivity index (χ3n) is 5.76. The van der Waals surface area contributed by atoms with Crippen molar-refractivity contribution in [3.05, 3.63) is 0 Å². The largest absolute Gasteiger partial charge is 0.480 e. The van der Waals surface area contributed by atoms with Gasteiger partial charge in [-0.1, -0.05) is 20.3 Å². The van der Waals surface area contributed by atoms with Gasteiger partial charge in [-0.05, 0) is 51.5 Å². The van der Waals surface area contributed by atoms with Crippen molar-refractivity contribution in [3.63, 3.8) is 0 Å². The Labute approximate surface area is 212 Å². The molecule has 0 heterocycles. The van der Waals surface area contributed by atoms with Crippen molar-refractivity contribution in [2.75, 3.05) is 13.1 Å². The number of carbonyl (C=O) groups is 4. The van der Waals surface area contributed by atoms with E-state index in [0.29, 0.717) is 32.2 Å². The second kappa shape index (κ2) is 17.5. The summed E-state index contributed by atoms with van der Waals surface area (Å²) in [4.78, 5) is 53.9. The second-order valence-electron chi connectivity index (χ2n) is 8.83. The first kappa shape index (κ1) is 33.0. The molecule has 0 aromatic rings. The molecule has 6 atom stereocenters. The van der Waals surface area contributed by atoms with Crippen LogP contribution in [0.25, 0.3) is 0 Å². The predicted octanol–water partition coefficient (Wildman–Crippen LogP) is -2.54. The van der Waals surface area contributed by atoms with Crippen LogP contribution in [0.1, 0.15) is 59.3 Å². The van der Waals surface area contributed by atoms with Crippen LogP contribution in [0.2, 0.25) is 0 Å². The lowest BCUT2D eigenvalue weighted by Crippen LogP contribution is -2.58. The van der Waals surface area contributed by atoms with Crippen LogP contribution in [0.4, 0.5) is 0 Å². The molecule has 0 aliphatic heterocycles. The number of nitrogens with one attached hydrogen (secondary N) is 3. The fourth-order valence-corrected chi connectivity index (χ4v) is 3.23. The van der Waals surface area contributed by atoms with Crippen molar-refractivity contribution in [2.24, 2.45) is 33.8 Å². The normalized spacial score (nSPS) is 15.9. The number of aliphatic carboxylic acids is 1. The van der Waals surface area contributed by atoms with Crippen LogP contribution >= 0.6 is 0 Å². The summed E-state index contributed by atoms with van der Waals surface area (Å²) in [7, 11) is 0. The number of aliphatic hydroxyl groups excluding tert-OH is 1. The molecule has 0 aliphatic rings. The Morgan fingerprint density at radius 2 is 1.42 bits per heavy atom. The summed E-state index contributed by atoms with van der Waals surface area (Å²) >= 11 is 0. The number of hydrogen-bond donors (Lipinski definition) is 9. The average molecular weight is 517 g/mol. The Morgan fingerprint density at radius 1 is 0.889 bits per heavy atom. The number of amides is 3. The van der Waals surface area contributed by atoms with Crippen molar-refractivity contribution >= 4 is 29.7 Å². The van der Waals surface area contributed by atoms with Gasteiger partial charge >= 0.3 is 5.97 Å². The SMILES string of the molecule is CCC(C)C(N)C(=O)NC(CCCN=C(N)N)C(=O)NC(CCCCN)C(=O)NC(C(=O)O)C(C)O. The Kier molecular flexibility index (Phi) is 16.0. The minimum Gasteiger partial charge on any atom is -0.480 e. The van der Waals surface area contributed by atoms with Gasteiger partial charge in [-0.2, -0.15) is 0 Å². The van der Waals surface area contributed by atoms with E-state index in [1.807, 2.05) is 13.8 Å². The van der Waals surface area contributed by atoms with Crippen LogP contribution in [0, 0.1) is 5.92 Å². The molecular weight excluding hydrogens is 472 g/mol. The highest BCUT2D eigenvalue weighted by Crippen LogP contribution is 2.09. The average Bonchev–Trinajstić information content (AvgIpc) is 2.81. The molecule has 14 heteroatoms. The zero-order chi connectivity index (χ0) is 27.8. The van der Waals surface area contributed by atoms with E-state index < -0.39 is 54.0 Å². The van der Waals surface area contributed by atoms with Crippen molar-refractivity contribution in [2.45, 2.75) is 89.6 Å². The van der Waals surface area contributed by atoms with E-state index in [1.165, 1.54) is 6.92 Å². The molecule has 36 heavy (non-hydrogen) atoms. The minimum absolute atomic E-state index is 0.110. The first-order valence-electron chi connectivity index (χ1n) is 12.2. The molecule has 0 spiro atoms. The van der Waals surface area contributed by atoms with Gasteiger partial charge in [0, 0.05) is 6.54 Å². The minimum atomic E-state index is -1.56. The molecular formula is C22H44N8O6. The number of carbonyl (C=O) groups excluding carboxylic acids is 3. The van der Waals surface area contributed by atoms with E-state index in [0.717, 1.165) is 0 Å². The van der Waals surface area contributed by atoms with E-state index in [4.69, 9.17) is 22.9 Å². The highest BCUT2D eigenvalue weighted by Gasteiger charge is 2.32. The van der Waals surface area contributed by atoms with E-state index in [9.17, 15) is 29.4 Å². The number of nitrogens with zero attached hydrogens (tertiary/aromatic N) is 1. The molecule has 208 valence electrons. The summed E-state index contributed by atoms with van der Waals surface area (Å²) in [6.45, 7) is 5.51. The fraction of sp³-hybridized carbons (Fsp3) is 0.773. The molecule has 3 amide bonds. The van der Waals surface area contributed by atoms with Crippen LogP contribution in [0.15, 0.2) is 4.99 Å². The molecule has 0 fully saturated rings. The number of carboxylic acid groups (broad SMARTS) is 1. The van der Waals surface area contributed by atoms with E-state index in [2.05, 4.69) is 20.9 Å². The topological polar surface area (TPSA) is 261 Å². The lowest BCUT2D eigenvalue weighted by molar-refractivity contribution is -0.145. The van der Waals surface area contributed by atoms with E-state index in [-0.39, 0.29) is 31.3 Å². The van der Waals surface area contributed by atoms with Crippen molar-refractivity contribution < 1.29 is 29.4 Å². The molecule has 0 saturated carbocycles. The Bertz CT molecular complexity index is 744. The molecule has 0 aromatic carbocycles. The number of aliphatic imine (C=N–C) groups is 1. The molecule has 0 radical (unpaired) electrons. The summed E-state index contributed by atoms with van der Waals surface area (Å²) < 4.78 is 0. The maximum absolute atomic E-state index is 13.1. The van der Waals surface area contributed by atoms with Gasteiger partial charge in [-0.25, -0.2) is 4.79 Å². The van der Waals surface area contributed by atoms with Crippen LogP contribution in [-0.4, -0.2) is 83.2 Å². The van der Waals surface area contributed by atoms with Crippen molar-refractivity contribution in [1.29, 1.82) is 0 Å². The Balaban J connectivity index is 5.65. The monoisotopic (exact) mass is 516 g/mol. The number of hydrogen-bond acceptors (Lipinski definition) is 8. The van der Waals surface area contributed by atoms with Gasteiger partial charge in [-0.3, -0.25) is 19.4 Å². The molecule has 14 nitrogen and oxygen atoms in total. The Hall–Kier alpha value is -2.97. The highest BCUT2D eigenvalue weighted by atomic mass is 16.4. The van der Waals surface area contributed by atoms with E-state index in [1.54, 1.807) is 0 Å². The third kappa shape index (κ3) is 12.7. The number of guanidine groups is 1. The smallest absolute Gasteiger partial charge is 0.328 e. The van der Waals surface area contributed by atoms with Gasteiger partial charge in [0.05, 0.1) is 12.1 Å². The van der Waals surface area contributed by atoms with Gasteiger partial charge in [0.25, 0.3) is 0 Å². The molecule has 0 aromatic heterocycles. The quantitative estimate of drug-likeness (QED) is 0.0523. The van der Waals surface area contributed by atoms with Crippen LogP contribution in [0.3, 0.4) is 0 Å². The van der Waals surface area contributed by atoms with Gasteiger partial charge in [-0.15, -0.1) is 0 Å². The zero-order valence-electron chi connectivity index (χ0n) is 21.4. The summed E-state index contributed by atoms with van der Waals surface area (Å²) in [6.07, 6.45) is 1.01. The van der Waals surface area contributed by atoms with Gasteiger partial charge in [0.1, 0.15) is 12.1 Å². The number of unbranched alkanes of at least 4 members (excludes halogenated alkanes) is 1. The summed E-state index contributed by atoms with van der Waals surface area (Å²) in [6, 6.07) is -4.56. The first-order valence-corrected chi connectivity index (χ1v) is 12.2. The van der Waals surface area contributed by atoms with Crippen molar-refractivity contribution in [3.8, 4) is 0 Å². The van der Waals surface area contributed by atoms with Gasteiger partial charge in [0.15, 0.2) is 12.0 Å². The second-order valence-corrected chi connectivity index (χ2v) is 8.83. The number of rotatable bonds is 18. The van der Waals surface area contributed by atoms with Crippen LogP contribution in [0.5, 0.6) is 0 Å². The molecule has 0 aliphatic carbocycles. The lowest BCUT2D eigenvalue weighted by atomic mass is 9.98. The number of aliphatic hydroxyl groups is 1. The molecule has 0 saturated heterocycles. The highest BCUT2D eigenvalue weighted by molar-refractivity contribution is 5.94. The number of carboxylic acids is 1. The fourth-order valence-electron chi connectivity index (χ4n) is 3.23. The molecule has 6 unspecified atom stereocenters. The van der Waals surface area contributed by atoms with E-state index >= 15 is 0 Å².